The minimum atomic E-state index is -0.798. The lowest BCUT2D eigenvalue weighted by Gasteiger charge is -2.32. The second-order valence-corrected chi connectivity index (χ2v) is 8.46. The van der Waals surface area contributed by atoms with E-state index in [2.05, 4.69) is 41.3 Å². The van der Waals surface area contributed by atoms with Crippen LogP contribution in [0.3, 0.4) is 0 Å². The molecule has 3 fully saturated rings. The van der Waals surface area contributed by atoms with Gasteiger partial charge >= 0.3 is 0 Å². The molecule has 1 N–H and O–H groups in total. The van der Waals surface area contributed by atoms with Crippen molar-refractivity contribution in [3.63, 3.8) is 0 Å². The molecule has 2 aromatic carbocycles. The average Bonchev–Trinajstić information content (AvgIpc) is 3.01. The number of hydrogen-bond acceptors (Lipinski definition) is 2. The highest BCUT2D eigenvalue weighted by Crippen LogP contribution is 2.35. The number of aliphatic hydroxyl groups is 1. The quantitative estimate of drug-likeness (QED) is 0.822. The smallest absolute Gasteiger partial charge is 0.0948 e. The van der Waals surface area contributed by atoms with Crippen molar-refractivity contribution in [3.05, 3.63) is 71.8 Å². The Hall–Kier alpha value is -1.64. The summed E-state index contributed by atoms with van der Waals surface area (Å²) in [6, 6.07) is 20.7. The van der Waals surface area contributed by atoms with Crippen molar-refractivity contribution in [2.45, 2.75) is 44.1 Å². The fourth-order valence-electron chi connectivity index (χ4n) is 4.94. The van der Waals surface area contributed by atoms with E-state index in [-0.39, 0.29) is 0 Å². The van der Waals surface area contributed by atoms with E-state index in [0.29, 0.717) is 6.42 Å². The maximum Gasteiger partial charge on any atom is 0.0948 e. The van der Waals surface area contributed by atoms with Gasteiger partial charge in [-0.1, -0.05) is 60.7 Å². The Bertz CT molecular complexity index is 664. The van der Waals surface area contributed by atoms with Gasteiger partial charge in [-0.15, -0.1) is 0 Å². The highest BCUT2D eigenvalue weighted by Gasteiger charge is 2.33. The number of benzene rings is 2. The summed E-state index contributed by atoms with van der Waals surface area (Å²) in [5.41, 5.74) is 1.45. The lowest BCUT2D eigenvalue weighted by Crippen LogP contribution is -2.37. The van der Waals surface area contributed by atoms with Gasteiger partial charge < -0.3 is 10.0 Å². The highest BCUT2D eigenvalue weighted by atomic mass is 16.3. The van der Waals surface area contributed by atoms with Gasteiger partial charge in [0, 0.05) is 26.1 Å². The van der Waals surface area contributed by atoms with E-state index in [1.807, 2.05) is 24.3 Å². The minimum absolute atomic E-state index is 0.679. The summed E-state index contributed by atoms with van der Waals surface area (Å²) in [5, 5.41) is 11.7. The largest absolute Gasteiger partial charge is 0.385 e. The summed E-state index contributed by atoms with van der Waals surface area (Å²) < 4.78 is 0. The summed E-state index contributed by atoms with van der Waals surface area (Å²) in [7, 11) is 0. The monoisotopic (exact) mass is 349 g/mol. The van der Waals surface area contributed by atoms with Crippen LogP contribution in [0.15, 0.2) is 60.7 Å². The van der Waals surface area contributed by atoms with Crippen molar-refractivity contribution in [2.24, 2.45) is 11.8 Å². The molecule has 0 radical (unpaired) electrons. The molecule has 138 valence electrons. The number of fused-ring (bicyclic) bond motifs is 4. The molecule has 2 heteroatoms. The van der Waals surface area contributed by atoms with Gasteiger partial charge in [0.25, 0.3) is 0 Å². The molecule has 1 atom stereocenters. The third-order valence-electron chi connectivity index (χ3n) is 6.49. The van der Waals surface area contributed by atoms with Crippen LogP contribution in [0, 0.1) is 11.8 Å². The maximum absolute atomic E-state index is 11.7. The first-order chi connectivity index (χ1) is 12.7. The molecule has 2 aliphatic heterocycles. The van der Waals surface area contributed by atoms with Crippen LogP contribution in [0.1, 0.15) is 43.2 Å². The topological polar surface area (TPSA) is 23.5 Å². The van der Waals surface area contributed by atoms with Crippen molar-refractivity contribution >= 4 is 0 Å². The predicted molar refractivity (Wildman–Crippen MR) is 107 cm³/mol. The zero-order chi connectivity index (χ0) is 17.8. The van der Waals surface area contributed by atoms with Crippen LogP contribution in [0.5, 0.6) is 0 Å². The SMILES string of the molecule is O[C@](CCN1CC2CCC(CC2)C1)(Cc1ccccc1)c1ccccc1. The van der Waals surface area contributed by atoms with Gasteiger partial charge in [-0.05, 0) is 55.1 Å². The third-order valence-corrected chi connectivity index (χ3v) is 6.49. The summed E-state index contributed by atoms with van der Waals surface area (Å²) in [6.45, 7) is 3.45. The minimum Gasteiger partial charge on any atom is -0.385 e. The van der Waals surface area contributed by atoms with Gasteiger partial charge in [0.15, 0.2) is 0 Å². The van der Waals surface area contributed by atoms with Gasteiger partial charge in [-0.2, -0.15) is 0 Å². The van der Waals surface area contributed by atoms with E-state index >= 15 is 0 Å². The Kier molecular flexibility index (Phi) is 5.42. The van der Waals surface area contributed by atoms with Crippen LogP contribution < -0.4 is 0 Å². The summed E-state index contributed by atoms with van der Waals surface area (Å²) in [6.07, 6.45) is 7.12. The molecule has 1 aliphatic carbocycles. The van der Waals surface area contributed by atoms with E-state index in [1.165, 1.54) is 44.3 Å². The maximum atomic E-state index is 11.7. The zero-order valence-electron chi connectivity index (χ0n) is 15.7. The van der Waals surface area contributed by atoms with Gasteiger partial charge in [0.05, 0.1) is 5.60 Å². The molecule has 5 rings (SSSR count). The fourth-order valence-corrected chi connectivity index (χ4v) is 4.94. The first kappa shape index (κ1) is 17.8. The number of nitrogens with zero attached hydrogens (tertiary/aromatic N) is 1. The first-order valence-corrected chi connectivity index (χ1v) is 10.3. The van der Waals surface area contributed by atoms with Gasteiger partial charge in [-0.25, -0.2) is 0 Å². The molecule has 0 spiro atoms. The molecule has 2 saturated heterocycles. The number of rotatable bonds is 6. The first-order valence-electron chi connectivity index (χ1n) is 10.3. The lowest BCUT2D eigenvalue weighted by atomic mass is 9.84. The standard InChI is InChI=1S/C24H31NO/c26-24(23-9-5-2-6-10-23,17-20-7-3-1-4-8-20)15-16-25-18-21-11-12-22(19-25)14-13-21/h1-10,21-22,26H,11-19H2/t21?,22?,24-/m1/s1. The highest BCUT2D eigenvalue weighted by molar-refractivity contribution is 5.27. The Labute approximate surface area is 157 Å². The van der Waals surface area contributed by atoms with E-state index in [4.69, 9.17) is 0 Å². The van der Waals surface area contributed by atoms with Crippen molar-refractivity contribution in [1.29, 1.82) is 0 Å². The Balaban J connectivity index is 1.50. The van der Waals surface area contributed by atoms with Crippen LogP contribution in [0.4, 0.5) is 0 Å². The van der Waals surface area contributed by atoms with Crippen molar-refractivity contribution in [3.8, 4) is 0 Å². The van der Waals surface area contributed by atoms with Gasteiger partial charge in [0.1, 0.15) is 0 Å². The fraction of sp³-hybridized carbons (Fsp3) is 0.500. The molecule has 0 aromatic heterocycles. The molecule has 2 nitrogen and oxygen atoms in total. The van der Waals surface area contributed by atoms with Crippen LogP contribution in [0.2, 0.25) is 0 Å². The predicted octanol–water partition coefficient (Wildman–Crippen LogP) is 4.63. The third kappa shape index (κ3) is 4.19. The zero-order valence-corrected chi connectivity index (χ0v) is 15.7. The molecular formula is C24H31NO. The average molecular weight is 350 g/mol. The molecule has 1 saturated carbocycles. The van der Waals surface area contributed by atoms with E-state index in [9.17, 15) is 5.11 Å². The summed E-state index contributed by atoms with van der Waals surface area (Å²) in [4.78, 5) is 2.63. The molecule has 2 heterocycles. The van der Waals surface area contributed by atoms with Crippen molar-refractivity contribution < 1.29 is 5.11 Å². The van der Waals surface area contributed by atoms with E-state index < -0.39 is 5.60 Å². The molecule has 0 amide bonds. The van der Waals surface area contributed by atoms with Crippen LogP contribution in [-0.2, 0) is 12.0 Å². The second kappa shape index (κ2) is 7.94. The van der Waals surface area contributed by atoms with Crippen molar-refractivity contribution in [2.75, 3.05) is 19.6 Å². The lowest BCUT2D eigenvalue weighted by molar-refractivity contribution is 0.0163. The van der Waals surface area contributed by atoms with E-state index in [1.54, 1.807) is 0 Å². The molecule has 2 bridgehead atoms. The van der Waals surface area contributed by atoms with E-state index in [0.717, 1.165) is 30.4 Å². The van der Waals surface area contributed by atoms with Crippen LogP contribution in [-0.4, -0.2) is 29.6 Å². The van der Waals surface area contributed by atoms with Gasteiger partial charge in [-0.3, -0.25) is 0 Å². The normalized spacial score (nSPS) is 25.6. The summed E-state index contributed by atoms with van der Waals surface area (Å²) in [5.74, 6) is 1.76. The molecule has 2 aromatic rings. The van der Waals surface area contributed by atoms with Crippen LogP contribution >= 0.6 is 0 Å². The Morgan fingerprint density at radius 1 is 0.808 bits per heavy atom. The molecular weight excluding hydrogens is 318 g/mol. The molecule has 26 heavy (non-hydrogen) atoms. The molecule has 3 aliphatic rings. The molecule has 0 unspecified atom stereocenters. The van der Waals surface area contributed by atoms with Crippen molar-refractivity contribution in [1.82, 2.24) is 4.90 Å². The Morgan fingerprint density at radius 2 is 1.35 bits per heavy atom. The summed E-state index contributed by atoms with van der Waals surface area (Å²) >= 11 is 0. The van der Waals surface area contributed by atoms with Gasteiger partial charge in [0.2, 0.25) is 0 Å². The van der Waals surface area contributed by atoms with Crippen LogP contribution in [0.25, 0.3) is 0 Å². The second-order valence-electron chi connectivity index (χ2n) is 8.46. The Morgan fingerprint density at radius 3 is 1.92 bits per heavy atom. The number of hydrogen-bond donors (Lipinski definition) is 1.